The van der Waals surface area contributed by atoms with Crippen molar-refractivity contribution in [2.75, 3.05) is 4.90 Å². The molecule has 0 radical (unpaired) electrons. The average Bonchev–Trinajstić information content (AvgIpc) is 3.54. The largest absolute Gasteiger partial charge is 0.311 e. The van der Waals surface area contributed by atoms with Gasteiger partial charge in [-0.2, -0.15) is 0 Å². The second kappa shape index (κ2) is 13.6. The quantitative estimate of drug-likeness (QED) is 0.171. The van der Waals surface area contributed by atoms with E-state index < -0.39 is 0 Å². The number of hydrogen-bond acceptors (Lipinski definition) is 3. The first-order chi connectivity index (χ1) is 27.0. The first-order valence-corrected chi connectivity index (χ1v) is 19.5. The van der Waals surface area contributed by atoms with Gasteiger partial charge in [0.15, 0.2) is 0 Å². The summed E-state index contributed by atoms with van der Waals surface area (Å²) in [5.74, 6) is 0. The molecule has 0 spiro atoms. The van der Waals surface area contributed by atoms with Gasteiger partial charge in [-0.25, -0.2) is 9.97 Å². The van der Waals surface area contributed by atoms with Gasteiger partial charge >= 0.3 is 0 Å². The van der Waals surface area contributed by atoms with Crippen LogP contribution >= 0.6 is 0 Å². The summed E-state index contributed by atoms with van der Waals surface area (Å²) in [5, 5.41) is 2.58. The molecule has 2 aromatic heterocycles. The summed E-state index contributed by atoms with van der Waals surface area (Å²) in [7, 11) is 0. The minimum absolute atomic E-state index is 0.0536. The van der Waals surface area contributed by atoms with E-state index in [0.29, 0.717) is 0 Å². The van der Waals surface area contributed by atoms with Gasteiger partial charge in [-0.05, 0) is 107 Å². The molecule has 0 aliphatic rings. The lowest BCUT2D eigenvalue weighted by Crippen LogP contribution is -2.10. The molecule has 0 aliphatic heterocycles. The highest BCUT2D eigenvalue weighted by molar-refractivity contribution is 6.10. The number of aromatic nitrogens is 3. The van der Waals surface area contributed by atoms with Crippen molar-refractivity contribution in [2.24, 2.45) is 0 Å². The van der Waals surface area contributed by atoms with Crippen LogP contribution in [0.25, 0.3) is 61.0 Å². The number of benzene rings is 7. The summed E-state index contributed by atoms with van der Waals surface area (Å²) in [5.41, 5.74) is 15.2. The minimum atomic E-state index is 0.0536. The van der Waals surface area contributed by atoms with Gasteiger partial charge in [-0.1, -0.05) is 126 Å². The Morgan fingerprint density at radius 3 is 1.30 bits per heavy atom. The molecule has 56 heavy (non-hydrogen) atoms. The average molecular weight is 727 g/mol. The van der Waals surface area contributed by atoms with E-state index in [4.69, 9.17) is 9.97 Å². The van der Waals surface area contributed by atoms with Crippen LogP contribution in [0.1, 0.15) is 52.7 Å². The highest BCUT2D eigenvalue weighted by atomic mass is 15.1. The summed E-state index contributed by atoms with van der Waals surface area (Å²) in [6.07, 6.45) is 0. The molecular weight excluding hydrogens is 681 g/mol. The Hall–Kier alpha value is -6.52. The van der Waals surface area contributed by atoms with Crippen molar-refractivity contribution >= 4 is 49.9 Å². The van der Waals surface area contributed by atoms with E-state index in [1.165, 1.54) is 32.9 Å². The second-order valence-electron chi connectivity index (χ2n) is 16.8. The molecule has 7 aromatic carbocycles. The normalized spacial score (nSPS) is 12.1. The van der Waals surface area contributed by atoms with E-state index >= 15 is 0 Å². The molecule has 4 heteroatoms. The van der Waals surface area contributed by atoms with Crippen molar-refractivity contribution < 1.29 is 0 Å². The SMILES string of the molecule is CC(C)(C)c1ccc2c(c1)c1cc(C(C)(C)C)ccc1n2-c1ccc(N(c2ccccc2)c2ccc(-c3nc4ccccc4nc3-c3ccccc3)cc2)cc1. The maximum Gasteiger partial charge on any atom is 0.0973 e. The highest BCUT2D eigenvalue weighted by Crippen LogP contribution is 2.40. The number of hydrogen-bond donors (Lipinski definition) is 0. The Kier molecular flexibility index (Phi) is 8.58. The molecule has 4 nitrogen and oxygen atoms in total. The molecule has 0 bridgehead atoms. The van der Waals surface area contributed by atoms with Crippen LogP contribution < -0.4 is 4.90 Å². The Balaban J connectivity index is 1.14. The van der Waals surface area contributed by atoms with Gasteiger partial charge in [0.2, 0.25) is 0 Å². The predicted octanol–water partition coefficient (Wildman–Crippen LogP) is 14.1. The van der Waals surface area contributed by atoms with Gasteiger partial charge in [0.1, 0.15) is 0 Å². The molecule has 9 aromatic rings. The van der Waals surface area contributed by atoms with Crippen LogP contribution in [0.2, 0.25) is 0 Å². The van der Waals surface area contributed by atoms with E-state index in [9.17, 15) is 0 Å². The van der Waals surface area contributed by atoms with Crippen LogP contribution in [0.4, 0.5) is 17.1 Å². The third-order valence-corrected chi connectivity index (χ3v) is 10.9. The van der Waals surface area contributed by atoms with Crippen LogP contribution in [0, 0.1) is 0 Å². The summed E-state index contributed by atoms with van der Waals surface area (Å²) >= 11 is 0. The third kappa shape index (κ3) is 6.41. The van der Waals surface area contributed by atoms with Crippen molar-refractivity contribution in [2.45, 2.75) is 52.4 Å². The number of nitrogens with zero attached hydrogens (tertiary/aromatic N) is 4. The monoisotopic (exact) mass is 726 g/mol. The molecule has 0 fully saturated rings. The Morgan fingerprint density at radius 1 is 0.411 bits per heavy atom. The second-order valence-corrected chi connectivity index (χ2v) is 16.8. The summed E-state index contributed by atoms with van der Waals surface area (Å²) in [4.78, 5) is 12.6. The fourth-order valence-corrected chi connectivity index (χ4v) is 7.78. The molecule has 274 valence electrons. The van der Waals surface area contributed by atoms with Crippen molar-refractivity contribution in [1.29, 1.82) is 0 Å². The molecule has 0 unspecified atom stereocenters. The molecule has 0 saturated carbocycles. The zero-order valence-corrected chi connectivity index (χ0v) is 33.0. The fourth-order valence-electron chi connectivity index (χ4n) is 7.78. The molecule has 0 amide bonds. The maximum atomic E-state index is 5.14. The number of fused-ring (bicyclic) bond motifs is 4. The lowest BCUT2D eigenvalue weighted by atomic mass is 9.85. The lowest BCUT2D eigenvalue weighted by molar-refractivity contribution is 0.590. The predicted molar refractivity (Wildman–Crippen MR) is 237 cm³/mol. The van der Waals surface area contributed by atoms with Crippen LogP contribution in [0.3, 0.4) is 0 Å². The van der Waals surface area contributed by atoms with Crippen molar-refractivity contribution in [3.05, 3.63) is 181 Å². The van der Waals surface area contributed by atoms with E-state index in [1.54, 1.807) is 0 Å². The molecule has 0 saturated heterocycles. The molecule has 0 atom stereocenters. The molecule has 0 aliphatic carbocycles. The Morgan fingerprint density at radius 2 is 0.821 bits per heavy atom. The van der Waals surface area contributed by atoms with E-state index in [1.807, 2.05) is 30.3 Å². The minimum Gasteiger partial charge on any atom is -0.311 e. The number of para-hydroxylation sites is 3. The maximum absolute atomic E-state index is 5.14. The van der Waals surface area contributed by atoms with Gasteiger partial charge in [-0.15, -0.1) is 0 Å². The standard InChI is InChI=1S/C52H46N4/c1-51(2,3)37-23-31-47-43(33-37)44-34-38(52(4,5)6)24-32-48(44)56(47)42-29-27-41(28-30-42)55(39-17-11-8-12-18-39)40-25-21-36(22-26-40)50-49(35-15-9-7-10-16-35)53-45-19-13-14-20-46(45)54-50/h7-34H,1-6H3. The topological polar surface area (TPSA) is 34.0 Å². The first kappa shape index (κ1) is 35.2. The number of anilines is 3. The van der Waals surface area contributed by atoms with Gasteiger partial charge in [0.25, 0.3) is 0 Å². The summed E-state index contributed by atoms with van der Waals surface area (Å²) < 4.78 is 2.42. The van der Waals surface area contributed by atoms with Crippen LogP contribution in [-0.2, 0) is 10.8 Å². The fraction of sp³-hybridized carbons (Fsp3) is 0.154. The molecule has 9 rings (SSSR count). The van der Waals surface area contributed by atoms with Gasteiger partial charge in [0, 0.05) is 44.6 Å². The molecular formula is C52H46N4. The van der Waals surface area contributed by atoms with E-state index in [-0.39, 0.29) is 10.8 Å². The summed E-state index contributed by atoms with van der Waals surface area (Å²) in [6.45, 7) is 13.7. The zero-order valence-electron chi connectivity index (χ0n) is 33.0. The lowest BCUT2D eigenvalue weighted by Gasteiger charge is -2.26. The van der Waals surface area contributed by atoms with Gasteiger partial charge in [-0.3, -0.25) is 0 Å². The zero-order chi connectivity index (χ0) is 38.6. The molecule has 0 N–H and O–H groups in total. The van der Waals surface area contributed by atoms with Gasteiger partial charge in [0.05, 0.1) is 33.5 Å². The van der Waals surface area contributed by atoms with E-state index in [2.05, 4.69) is 191 Å². The Bertz CT molecular complexity index is 2770. The number of rotatable bonds is 6. The van der Waals surface area contributed by atoms with Crippen molar-refractivity contribution in [3.63, 3.8) is 0 Å². The van der Waals surface area contributed by atoms with Crippen LogP contribution in [-0.4, -0.2) is 14.5 Å². The van der Waals surface area contributed by atoms with Crippen molar-refractivity contribution in [1.82, 2.24) is 14.5 Å². The van der Waals surface area contributed by atoms with Crippen LogP contribution in [0.5, 0.6) is 0 Å². The first-order valence-electron chi connectivity index (χ1n) is 19.5. The molecule has 2 heterocycles. The van der Waals surface area contributed by atoms with Gasteiger partial charge < -0.3 is 9.47 Å². The third-order valence-electron chi connectivity index (χ3n) is 10.9. The summed E-state index contributed by atoms with van der Waals surface area (Å²) in [6, 6.07) is 60.7. The Labute approximate surface area is 329 Å². The van der Waals surface area contributed by atoms with E-state index in [0.717, 1.165) is 56.3 Å². The van der Waals surface area contributed by atoms with Crippen LogP contribution in [0.15, 0.2) is 170 Å². The highest BCUT2D eigenvalue weighted by Gasteiger charge is 2.22. The smallest absolute Gasteiger partial charge is 0.0973 e. The van der Waals surface area contributed by atoms with Crippen molar-refractivity contribution in [3.8, 4) is 28.2 Å².